The quantitative estimate of drug-likeness (QED) is 0.747. The lowest BCUT2D eigenvalue weighted by atomic mass is 10.2. The van der Waals surface area contributed by atoms with Crippen LogP contribution in [0.2, 0.25) is 0 Å². The van der Waals surface area contributed by atoms with Crippen LogP contribution >= 0.6 is 0 Å². The maximum atomic E-state index is 11.6. The van der Waals surface area contributed by atoms with E-state index in [-0.39, 0.29) is 23.6 Å². The summed E-state index contributed by atoms with van der Waals surface area (Å²) in [6, 6.07) is 1.25. The van der Waals surface area contributed by atoms with Crippen LogP contribution in [-0.2, 0) is 10.0 Å². The van der Waals surface area contributed by atoms with E-state index >= 15 is 0 Å². The zero-order chi connectivity index (χ0) is 13.8. The minimum Gasteiger partial charge on any atom is -0.506 e. The number of hydrogen-bond acceptors (Lipinski definition) is 5. The van der Waals surface area contributed by atoms with Crippen molar-refractivity contribution in [2.24, 2.45) is 0 Å². The molecule has 1 rings (SSSR count). The number of aromatic hydroxyl groups is 1. The molecule has 0 saturated heterocycles. The average molecular weight is 273 g/mol. The Labute approximate surface area is 106 Å². The average Bonchev–Trinajstić information content (AvgIpc) is 2.28. The Kier molecular flexibility index (Phi) is 4.62. The van der Waals surface area contributed by atoms with E-state index in [0.29, 0.717) is 0 Å². The molecule has 0 spiro atoms. The summed E-state index contributed by atoms with van der Waals surface area (Å²) in [4.78, 5) is 15.2. The minimum atomic E-state index is -3.33. The van der Waals surface area contributed by atoms with Crippen LogP contribution in [0.1, 0.15) is 10.4 Å². The van der Waals surface area contributed by atoms with E-state index in [0.717, 1.165) is 4.31 Å². The highest BCUT2D eigenvalue weighted by Gasteiger charge is 2.14. The molecular formula is C10H15N3O4S. The van der Waals surface area contributed by atoms with E-state index < -0.39 is 15.9 Å². The molecule has 1 heterocycles. The van der Waals surface area contributed by atoms with Crippen LogP contribution < -0.4 is 5.32 Å². The van der Waals surface area contributed by atoms with Gasteiger partial charge < -0.3 is 10.4 Å². The van der Waals surface area contributed by atoms with Crippen LogP contribution in [0.25, 0.3) is 0 Å². The second-order valence-corrected chi connectivity index (χ2v) is 6.09. The van der Waals surface area contributed by atoms with Crippen LogP contribution in [0.15, 0.2) is 18.5 Å². The normalized spacial score (nSPS) is 11.5. The van der Waals surface area contributed by atoms with Gasteiger partial charge >= 0.3 is 0 Å². The molecule has 0 bridgehead atoms. The Hall–Kier alpha value is -1.67. The number of hydrogen-bond donors (Lipinski definition) is 2. The summed E-state index contributed by atoms with van der Waals surface area (Å²) < 4.78 is 23.9. The van der Waals surface area contributed by atoms with Gasteiger partial charge in [0.2, 0.25) is 10.0 Å². The number of carbonyl (C=O) groups is 1. The molecule has 1 amide bonds. The first-order valence-electron chi connectivity index (χ1n) is 5.15. The number of amides is 1. The summed E-state index contributed by atoms with van der Waals surface area (Å²) >= 11 is 0. The predicted octanol–water partition coefficient (Wildman–Crippen LogP) is -0.592. The first-order chi connectivity index (χ1) is 8.33. The fourth-order valence-electron chi connectivity index (χ4n) is 1.13. The largest absolute Gasteiger partial charge is 0.506 e. The first-order valence-corrected chi connectivity index (χ1v) is 6.76. The third kappa shape index (κ3) is 3.97. The monoisotopic (exact) mass is 273 g/mol. The van der Waals surface area contributed by atoms with Crippen LogP contribution in [0.3, 0.4) is 0 Å². The molecule has 2 N–H and O–H groups in total. The van der Waals surface area contributed by atoms with Crippen LogP contribution in [0.5, 0.6) is 5.75 Å². The number of pyridine rings is 1. The standard InChI is InChI=1S/C10H15N3O4S/c1-13(2)18(16,17)4-3-12-10(15)8-5-9(14)7-11-6-8/h5-7,14H,3-4H2,1-2H3,(H,12,15). The van der Waals surface area contributed by atoms with Crippen molar-refractivity contribution in [3.63, 3.8) is 0 Å². The first kappa shape index (κ1) is 14.4. The van der Waals surface area contributed by atoms with E-state index in [4.69, 9.17) is 5.11 Å². The molecule has 100 valence electrons. The maximum Gasteiger partial charge on any atom is 0.253 e. The smallest absolute Gasteiger partial charge is 0.253 e. The van der Waals surface area contributed by atoms with E-state index in [1.807, 2.05) is 0 Å². The maximum absolute atomic E-state index is 11.6. The zero-order valence-corrected chi connectivity index (χ0v) is 10.9. The molecule has 0 atom stereocenters. The Balaban J connectivity index is 2.53. The minimum absolute atomic E-state index is 0.00496. The molecule has 18 heavy (non-hydrogen) atoms. The Bertz CT molecular complexity index is 528. The molecule has 8 heteroatoms. The number of nitrogens with one attached hydrogen (secondary N) is 1. The SMILES string of the molecule is CN(C)S(=O)(=O)CCNC(=O)c1cncc(O)c1. The van der Waals surface area contributed by atoms with Crippen LogP contribution in [0, 0.1) is 0 Å². The number of carbonyl (C=O) groups excluding carboxylic acids is 1. The molecule has 0 aliphatic rings. The van der Waals surface area contributed by atoms with Gasteiger partial charge in [0.05, 0.1) is 17.5 Å². The molecule has 0 saturated carbocycles. The van der Waals surface area contributed by atoms with Crippen LogP contribution in [-0.4, -0.2) is 55.1 Å². The van der Waals surface area contributed by atoms with Gasteiger partial charge in [-0.2, -0.15) is 0 Å². The molecule has 0 radical (unpaired) electrons. The molecular weight excluding hydrogens is 258 g/mol. The predicted molar refractivity (Wildman–Crippen MR) is 65.7 cm³/mol. The molecule has 1 aromatic rings. The highest BCUT2D eigenvalue weighted by Crippen LogP contribution is 2.07. The lowest BCUT2D eigenvalue weighted by molar-refractivity contribution is 0.0955. The van der Waals surface area contributed by atoms with Gasteiger partial charge in [-0.25, -0.2) is 12.7 Å². The highest BCUT2D eigenvalue weighted by atomic mass is 32.2. The van der Waals surface area contributed by atoms with Crippen molar-refractivity contribution in [3.8, 4) is 5.75 Å². The summed E-state index contributed by atoms with van der Waals surface area (Å²) in [6.07, 6.45) is 2.49. The lowest BCUT2D eigenvalue weighted by Crippen LogP contribution is -2.33. The lowest BCUT2D eigenvalue weighted by Gasteiger charge is -2.11. The van der Waals surface area contributed by atoms with Crippen molar-refractivity contribution in [1.82, 2.24) is 14.6 Å². The van der Waals surface area contributed by atoms with Gasteiger partial charge in [0.1, 0.15) is 5.75 Å². The molecule has 7 nitrogen and oxygen atoms in total. The molecule has 0 aliphatic carbocycles. The molecule has 0 aromatic carbocycles. The van der Waals surface area contributed by atoms with E-state index in [1.165, 1.54) is 32.6 Å². The highest BCUT2D eigenvalue weighted by molar-refractivity contribution is 7.89. The second kappa shape index (κ2) is 5.78. The Morgan fingerprint density at radius 2 is 2.11 bits per heavy atom. The van der Waals surface area contributed by atoms with E-state index in [9.17, 15) is 13.2 Å². The van der Waals surface area contributed by atoms with Crippen molar-refractivity contribution in [2.75, 3.05) is 26.4 Å². The third-order valence-electron chi connectivity index (χ3n) is 2.19. The van der Waals surface area contributed by atoms with Crippen molar-refractivity contribution < 1.29 is 18.3 Å². The van der Waals surface area contributed by atoms with Gasteiger partial charge in [-0.3, -0.25) is 9.78 Å². The molecule has 1 aromatic heterocycles. The van der Waals surface area contributed by atoms with E-state index in [1.54, 1.807) is 0 Å². The summed E-state index contributed by atoms with van der Waals surface area (Å²) in [5.41, 5.74) is 0.178. The summed E-state index contributed by atoms with van der Waals surface area (Å²) in [7, 11) is -0.477. The molecule has 0 fully saturated rings. The Morgan fingerprint density at radius 1 is 1.44 bits per heavy atom. The summed E-state index contributed by atoms with van der Waals surface area (Å²) in [5.74, 6) is -0.784. The molecule has 0 unspecified atom stereocenters. The van der Waals surface area contributed by atoms with Crippen molar-refractivity contribution in [1.29, 1.82) is 0 Å². The number of sulfonamides is 1. The fourth-order valence-corrected chi connectivity index (χ4v) is 1.86. The fraction of sp³-hybridized carbons (Fsp3) is 0.400. The van der Waals surface area contributed by atoms with Gasteiger partial charge in [-0.1, -0.05) is 0 Å². The van der Waals surface area contributed by atoms with Crippen LogP contribution in [0.4, 0.5) is 0 Å². The van der Waals surface area contributed by atoms with Gasteiger partial charge in [-0.05, 0) is 6.07 Å². The second-order valence-electron chi connectivity index (χ2n) is 3.79. The number of nitrogens with zero attached hydrogens (tertiary/aromatic N) is 2. The van der Waals surface area contributed by atoms with Gasteiger partial charge in [0, 0.05) is 26.8 Å². The third-order valence-corrected chi connectivity index (χ3v) is 4.02. The zero-order valence-electron chi connectivity index (χ0n) is 10.1. The van der Waals surface area contributed by atoms with Gasteiger partial charge in [-0.15, -0.1) is 0 Å². The van der Waals surface area contributed by atoms with E-state index in [2.05, 4.69) is 10.3 Å². The van der Waals surface area contributed by atoms with Crippen molar-refractivity contribution >= 4 is 15.9 Å². The van der Waals surface area contributed by atoms with Crippen molar-refractivity contribution in [3.05, 3.63) is 24.0 Å². The van der Waals surface area contributed by atoms with Crippen molar-refractivity contribution in [2.45, 2.75) is 0 Å². The number of aromatic nitrogens is 1. The van der Waals surface area contributed by atoms with Gasteiger partial charge in [0.15, 0.2) is 0 Å². The Morgan fingerprint density at radius 3 is 2.67 bits per heavy atom. The summed E-state index contributed by atoms with van der Waals surface area (Å²) in [6.45, 7) is -0.00496. The topological polar surface area (TPSA) is 99.6 Å². The van der Waals surface area contributed by atoms with Gasteiger partial charge in [0.25, 0.3) is 5.91 Å². The number of rotatable bonds is 5. The summed E-state index contributed by atoms with van der Waals surface area (Å²) in [5, 5.41) is 11.6. The molecule has 0 aliphatic heterocycles.